The number of piperidine rings is 1. The third-order valence-electron chi connectivity index (χ3n) is 7.52. The first kappa shape index (κ1) is 23.9. The van der Waals surface area contributed by atoms with Gasteiger partial charge in [0.05, 0.1) is 36.3 Å². The molecule has 0 unspecified atom stereocenters. The molecule has 0 radical (unpaired) electrons. The smallest absolute Gasteiger partial charge is 0.233 e. The molecule has 0 amide bonds. The van der Waals surface area contributed by atoms with Crippen molar-refractivity contribution in [3.05, 3.63) is 77.7 Å². The van der Waals surface area contributed by atoms with Gasteiger partial charge in [0.25, 0.3) is 0 Å². The number of likely N-dealkylation sites (tertiary alicyclic amines) is 1. The van der Waals surface area contributed by atoms with Gasteiger partial charge < -0.3 is 14.0 Å². The van der Waals surface area contributed by atoms with Gasteiger partial charge in [0.15, 0.2) is 5.78 Å². The van der Waals surface area contributed by atoms with Crippen LogP contribution >= 0.6 is 0 Å². The van der Waals surface area contributed by atoms with E-state index in [-0.39, 0.29) is 11.9 Å². The summed E-state index contributed by atoms with van der Waals surface area (Å²) in [6, 6.07) is 18.3. The molecule has 8 nitrogen and oxygen atoms in total. The van der Waals surface area contributed by atoms with Crippen molar-refractivity contribution >= 4 is 16.8 Å². The second-order valence-electron chi connectivity index (χ2n) is 10.1. The molecule has 0 aliphatic carbocycles. The van der Waals surface area contributed by atoms with Gasteiger partial charge in [-0.05, 0) is 49.9 Å². The van der Waals surface area contributed by atoms with E-state index in [4.69, 9.17) is 14.5 Å². The Morgan fingerprint density at radius 2 is 1.89 bits per heavy atom. The fourth-order valence-electron chi connectivity index (χ4n) is 5.22. The van der Waals surface area contributed by atoms with E-state index in [1.807, 2.05) is 48.7 Å². The molecular formula is C29H33N5O3. The maximum absolute atomic E-state index is 12.0. The van der Waals surface area contributed by atoms with E-state index in [9.17, 15) is 4.79 Å². The van der Waals surface area contributed by atoms with Gasteiger partial charge in [-0.3, -0.25) is 14.4 Å². The monoisotopic (exact) mass is 499 g/mol. The Morgan fingerprint density at radius 1 is 1.08 bits per heavy atom. The van der Waals surface area contributed by atoms with Crippen LogP contribution in [0.15, 0.2) is 60.8 Å². The Bertz CT molecular complexity index is 1370. The lowest BCUT2D eigenvalue weighted by molar-refractivity contribution is -0.0592. The molecule has 2 saturated heterocycles. The zero-order valence-electron chi connectivity index (χ0n) is 21.3. The Labute approximate surface area is 216 Å². The maximum Gasteiger partial charge on any atom is 0.233 e. The number of Topliss-reactive ketones (excluding diaryl/α,β-unsaturated/α-hetero) is 1. The topological polar surface area (TPSA) is 74.4 Å². The standard InChI is InChI=1S/C29H33N5O3/c1-21(35)23-7-8-26-27(17-23)33(18-25-12-16-36-25)28(30-26)19-32-13-9-24(10-14-32)34-15-11-29(31-34)37-20-22-5-3-2-4-6-22/h2-8,11,15,17,24-25H,9-10,12-14,16,18-20H2,1H3/t25-/m0/s1. The number of benzene rings is 2. The van der Waals surface area contributed by atoms with Crippen LogP contribution in [-0.4, -0.2) is 55.8 Å². The molecule has 4 heterocycles. The number of rotatable bonds is 9. The molecule has 0 saturated carbocycles. The lowest BCUT2D eigenvalue weighted by Gasteiger charge is -2.32. The van der Waals surface area contributed by atoms with Gasteiger partial charge in [-0.15, -0.1) is 5.10 Å². The maximum atomic E-state index is 12.0. The van der Waals surface area contributed by atoms with Gasteiger partial charge in [0.2, 0.25) is 5.88 Å². The number of hydrogen-bond donors (Lipinski definition) is 0. The molecule has 2 fully saturated rings. The van der Waals surface area contributed by atoms with Gasteiger partial charge in [-0.1, -0.05) is 30.3 Å². The highest BCUT2D eigenvalue weighted by Gasteiger charge is 2.26. The van der Waals surface area contributed by atoms with E-state index in [2.05, 4.69) is 31.4 Å². The molecule has 2 aliphatic rings. The highest BCUT2D eigenvalue weighted by Crippen LogP contribution is 2.27. The third kappa shape index (κ3) is 5.31. The second kappa shape index (κ2) is 10.5. The first-order valence-electron chi connectivity index (χ1n) is 13.2. The zero-order chi connectivity index (χ0) is 25.2. The van der Waals surface area contributed by atoms with Gasteiger partial charge >= 0.3 is 0 Å². The van der Waals surface area contributed by atoms with Gasteiger partial charge in [-0.2, -0.15) is 0 Å². The van der Waals surface area contributed by atoms with Crippen LogP contribution in [0.1, 0.15) is 54.0 Å². The zero-order valence-corrected chi connectivity index (χ0v) is 21.3. The number of carbonyl (C=O) groups excluding carboxylic acids is 1. The highest BCUT2D eigenvalue weighted by molar-refractivity contribution is 5.97. The SMILES string of the molecule is CC(=O)c1ccc2nc(CN3CCC(n4ccc(OCc5ccccc5)n4)CC3)n(C[C@@H]3CCO3)c2c1. The van der Waals surface area contributed by atoms with E-state index in [1.54, 1.807) is 6.92 Å². The van der Waals surface area contributed by atoms with Crippen LogP contribution in [0, 0.1) is 0 Å². The van der Waals surface area contributed by atoms with E-state index < -0.39 is 0 Å². The molecular weight excluding hydrogens is 466 g/mol. The van der Waals surface area contributed by atoms with Crippen LogP contribution in [0.4, 0.5) is 0 Å². The lowest BCUT2D eigenvalue weighted by atomic mass is 10.1. The quantitative estimate of drug-likeness (QED) is 0.313. The Hall–Kier alpha value is -3.49. The molecule has 4 aromatic rings. The summed E-state index contributed by atoms with van der Waals surface area (Å²) < 4.78 is 15.9. The number of aromatic nitrogens is 4. The summed E-state index contributed by atoms with van der Waals surface area (Å²) in [4.78, 5) is 19.4. The summed E-state index contributed by atoms with van der Waals surface area (Å²) in [6.07, 6.45) is 5.38. The third-order valence-corrected chi connectivity index (χ3v) is 7.52. The number of carbonyl (C=O) groups is 1. The number of nitrogens with zero attached hydrogens (tertiary/aromatic N) is 5. The minimum Gasteiger partial charge on any atom is -0.472 e. The molecule has 192 valence electrons. The number of ketones is 1. The fraction of sp³-hybridized carbons (Fsp3) is 0.414. The van der Waals surface area contributed by atoms with Crippen LogP contribution in [0.5, 0.6) is 5.88 Å². The van der Waals surface area contributed by atoms with Crippen molar-refractivity contribution < 1.29 is 14.3 Å². The van der Waals surface area contributed by atoms with Gasteiger partial charge in [-0.25, -0.2) is 4.98 Å². The molecule has 2 aliphatic heterocycles. The molecule has 0 spiro atoms. The van der Waals surface area contributed by atoms with Crippen molar-refractivity contribution in [1.29, 1.82) is 0 Å². The van der Waals surface area contributed by atoms with Crippen molar-refractivity contribution in [2.45, 2.75) is 58.0 Å². The van der Waals surface area contributed by atoms with Crippen molar-refractivity contribution in [3.63, 3.8) is 0 Å². The van der Waals surface area contributed by atoms with Crippen molar-refractivity contribution in [3.8, 4) is 5.88 Å². The number of fused-ring (bicyclic) bond motifs is 1. The van der Waals surface area contributed by atoms with Gasteiger partial charge in [0.1, 0.15) is 12.4 Å². The van der Waals surface area contributed by atoms with Crippen LogP contribution in [0.25, 0.3) is 11.0 Å². The molecule has 0 bridgehead atoms. The summed E-state index contributed by atoms with van der Waals surface area (Å²) in [5, 5.41) is 4.69. The van der Waals surface area contributed by atoms with E-state index in [0.717, 1.165) is 80.0 Å². The molecule has 37 heavy (non-hydrogen) atoms. The molecule has 1 atom stereocenters. The first-order valence-corrected chi connectivity index (χ1v) is 13.2. The Balaban J connectivity index is 1.10. The highest BCUT2D eigenvalue weighted by atomic mass is 16.5. The average Bonchev–Trinajstić information content (AvgIpc) is 3.50. The summed E-state index contributed by atoms with van der Waals surface area (Å²) in [7, 11) is 0. The molecule has 0 N–H and O–H groups in total. The fourth-order valence-corrected chi connectivity index (χ4v) is 5.22. The van der Waals surface area contributed by atoms with Crippen molar-refractivity contribution in [1.82, 2.24) is 24.2 Å². The molecule has 2 aromatic heterocycles. The van der Waals surface area contributed by atoms with E-state index in [1.165, 1.54) is 0 Å². The first-order chi connectivity index (χ1) is 18.1. The van der Waals surface area contributed by atoms with E-state index >= 15 is 0 Å². The second-order valence-corrected chi connectivity index (χ2v) is 10.1. The normalized spacial score (nSPS) is 18.7. The number of ether oxygens (including phenoxy) is 2. The number of hydrogen-bond acceptors (Lipinski definition) is 6. The van der Waals surface area contributed by atoms with Gasteiger partial charge in [0, 0.05) is 37.5 Å². The van der Waals surface area contributed by atoms with Crippen LogP contribution < -0.4 is 4.74 Å². The van der Waals surface area contributed by atoms with Crippen LogP contribution in [-0.2, 0) is 24.4 Å². The largest absolute Gasteiger partial charge is 0.472 e. The average molecular weight is 500 g/mol. The number of imidazole rings is 1. The van der Waals surface area contributed by atoms with E-state index in [0.29, 0.717) is 18.5 Å². The van der Waals surface area contributed by atoms with Crippen LogP contribution in [0.2, 0.25) is 0 Å². The predicted octanol–water partition coefficient (Wildman–Crippen LogP) is 4.64. The molecule has 8 heteroatoms. The van der Waals surface area contributed by atoms with Crippen LogP contribution in [0.3, 0.4) is 0 Å². The summed E-state index contributed by atoms with van der Waals surface area (Å²) in [5.41, 5.74) is 3.82. The summed E-state index contributed by atoms with van der Waals surface area (Å²) in [6.45, 7) is 6.48. The Kier molecular flexibility index (Phi) is 6.76. The summed E-state index contributed by atoms with van der Waals surface area (Å²) >= 11 is 0. The van der Waals surface area contributed by atoms with Crippen molar-refractivity contribution in [2.75, 3.05) is 19.7 Å². The minimum atomic E-state index is 0.0745. The Morgan fingerprint density at radius 3 is 2.62 bits per heavy atom. The predicted molar refractivity (Wildman–Crippen MR) is 141 cm³/mol. The molecule has 2 aromatic carbocycles. The van der Waals surface area contributed by atoms with Crippen molar-refractivity contribution in [2.24, 2.45) is 0 Å². The summed E-state index contributed by atoms with van der Waals surface area (Å²) in [5.74, 6) is 1.79. The molecule has 6 rings (SSSR count). The minimum absolute atomic E-state index is 0.0745. The lowest BCUT2D eigenvalue weighted by Crippen LogP contribution is -2.36.